The number of hydrogen-bond donors (Lipinski definition) is 2. The number of rotatable bonds is 4. The predicted octanol–water partition coefficient (Wildman–Crippen LogP) is 2.11. The molecule has 1 rings (SSSR count). The average molecular weight is 200 g/mol. The Labute approximate surface area is 82.1 Å². The topological polar surface area (TPSA) is 38.0 Å². The summed E-state index contributed by atoms with van der Waals surface area (Å²) in [6.45, 7) is 2.46. The van der Waals surface area contributed by atoms with Crippen molar-refractivity contribution in [2.75, 3.05) is 11.9 Å². The summed E-state index contributed by atoms with van der Waals surface area (Å²) in [6.07, 6.45) is 0.747. The monoisotopic (exact) mass is 200 g/mol. The van der Waals surface area contributed by atoms with E-state index in [0.29, 0.717) is 12.2 Å². The molecule has 0 aliphatic carbocycles. The van der Waals surface area contributed by atoms with E-state index in [1.54, 1.807) is 0 Å². The lowest BCUT2D eigenvalue weighted by atomic mass is 10.2. The van der Waals surface area contributed by atoms with Gasteiger partial charge in [-0.25, -0.2) is 8.78 Å². The highest BCUT2D eigenvalue weighted by Gasteiger charge is 2.02. The molecule has 0 radical (unpaired) electrons. The first-order valence-corrected chi connectivity index (χ1v) is 4.54. The lowest BCUT2D eigenvalue weighted by Gasteiger charge is -2.08. The molecule has 1 aromatic rings. The molecule has 0 fully saturated rings. The van der Waals surface area contributed by atoms with E-state index < -0.39 is 11.6 Å². The molecule has 0 aliphatic heterocycles. The van der Waals surface area contributed by atoms with Gasteiger partial charge in [0.1, 0.15) is 11.6 Å². The number of anilines is 1. The minimum Gasteiger partial charge on any atom is -0.383 e. The maximum Gasteiger partial charge on any atom is 0.149 e. The Morgan fingerprint density at radius 2 is 2.14 bits per heavy atom. The van der Waals surface area contributed by atoms with Gasteiger partial charge in [0.2, 0.25) is 0 Å². The van der Waals surface area contributed by atoms with Crippen molar-refractivity contribution >= 4 is 5.69 Å². The summed E-state index contributed by atoms with van der Waals surface area (Å²) >= 11 is 0. The van der Waals surface area contributed by atoms with E-state index >= 15 is 0 Å². The molecule has 0 heterocycles. The van der Waals surface area contributed by atoms with Crippen LogP contribution in [-0.2, 0) is 0 Å². The van der Waals surface area contributed by atoms with Crippen molar-refractivity contribution in [2.45, 2.75) is 19.4 Å². The van der Waals surface area contributed by atoms with Gasteiger partial charge >= 0.3 is 0 Å². The molecule has 4 heteroatoms. The smallest absolute Gasteiger partial charge is 0.149 e. The fraction of sp³-hybridized carbons (Fsp3) is 0.400. The molecule has 0 bridgehead atoms. The van der Waals surface area contributed by atoms with Gasteiger partial charge in [0.15, 0.2) is 0 Å². The van der Waals surface area contributed by atoms with Crippen LogP contribution >= 0.6 is 0 Å². The Morgan fingerprint density at radius 3 is 2.71 bits per heavy atom. The van der Waals surface area contributed by atoms with Gasteiger partial charge in [-0.05, 0) is 25.5 Å². The molecule has 0 spiro atoms. The van der Waals surface area contributed by atoms with Crippen molar-refractivity contribution in [3.05, 3.63) is 29.8 Å². The van der Waals surface area contributed by atoms with Crippen molar-refractivity contribution in [3.63, 3.8) is 0 Å². The molecule has 3 N–H and O–H groups in total. The molecule has 0 aromatic heterocycles. The first kappa shape index (κ1) is 10.9. The minimum absolute atomic E-state index is 0.0750. The maximum atomic E-state index is 13.0. The van der Waals surface area contributed by atoms with Crippen LogP contribution in [0.2, 0.25) is 0 Å². The molecule has 2 nitrogen and oxygen atoms in total. The number of hydrogen-bond acceptors (Lipinski definition) is 2. The van der Waals surface area contributed by atoms with Gasteiger partial charge in [-0.3, -0.25) is 0 Å². The highest BCUT2D eigenvalue weighted by molar-refractivity contribution is 5.44. The van der Waals surface area contributed by atoms with Gasteiger partial charge in [-0.15, -0.1) is 0 Å². The van der Waals surface area contributed by atoms with Crippen molar-refractivity contribution < 1.29 is 8.78 Å². The third-order valence-electron chi connectivity index (χ3n) is 1.85. The van der Waals surface area contributed by atoms with Gasteiger partial charge in [-0.2, -0.15) is 0 Å². The summed E-state index contributed by atoms with van der Waals surface area (Å²) in [5.74, 6) is -1.14. The summed E-state index contributed by atoms with van der Waals surface area (Å²) in [7, 11) is 0. The minimum atomic E-state index is -0.574. The molecule has 14 heavy (non-hydrogen) atoms. The standard InChI is InChI=1S/C10H14F2N2/c1-7(13)4-5-14-10-3-2-8(11)6-9(10)12/h2-3,6-7,14H,4-5,13H2,1H3. The second-order valence-corrected chi connectivity index (χ2v) is 3.32. The van der Waals surface area contributed by atoms with Gasteiger partial charge in [-0.1, -0.05) is 0 Å². The first-order chi connectivity index (χ1) is 6.59. The van der Waals surface area contributed by atoms with Crippen LogP contribution in [-0.4, -0.2) is 12.6 Å². The molecule has 0 saturated heterocycles. The number of halogens is 2. The van der Waals surface area contributed by atoms with Crippen molar-refractivity contribution in [1.29, 1.82) is 0 Å². The molecule has 0 saturated carbocycles. The summed E-state index contributed by atoms with van der Waals surface area (Å²) < 4.78 is 25.6. The maximum absolute atomic E-state index is 13.0. The molecule has 0 aliphatic rings. The fourth-order valence-corrected chi connectivity index (χ4v) is 1.07. The number of benzene rings is 1. The summed E-state index contributed by atoms with van der Waals surface area (Å²) in [4.78, 5) is 0. The van der Waals surface area contributed by atoms with E-state index in [0.717, 1.165) is 12.5 Å². The van der Waals surface area contributed by atoms with Gasteiger partial charge in [0.25, 0.3) is 0 Å². The average Bonchev–Trinajstić information content (AvgIpc) is 2.08. The van der Waals surface area contributed by atoms with Crippen LogP contribution in [0.15, 0.2) is 18.2 Å². The highest BCUT2D eigenvalue weighted by atomic mass is 19.1. The zero-order chi connectivity index (χ0) is 10.6. The van der Waals surface area contributed by atoms with Crippen LogP contribution in [0.3, 0.4) is 0 Å². The molecule has 0 amide bonds. The zero-order valence-electron chi connectivity index (χ0n) is 8.06. The Kier molecular flexibility index (Phi) is 3.83. The molecule has 78 valence electrons. The van der Waals surface area contributed by atoms with Crippen molar-refractivity contribution in [1.82, 2.24) is 0 Å². The molecule has 1 unspecified atom stereocenters. The number of nitrogens with one attached hydrogen (secondary N) is 1. The van der Waals surface area contributed by atoms with Crippen LogP contribution in [0.25, 0.3) is 0 Å². The molecule has 1 atom stereocenters. The third-order valence-corrected chi connectivity index (χ3v) is 1.85. The third kappa shape index (κ3) is 3.30. The van der Waals surface area contributed by atoms with Gasteiger partial charge in [0, 0.05) is 18.7 Å². The molecular weight excluding hydrogens is 186 g/mol. The second kappa shape index (κ2) is 4.91. The lowest BCUT2D eigenvalue weighted by molar-refractivity contribution is 0.584. The second-order valence-electron chi connectivity index (χ2n) is 3.32. The van der Waals surface area contributed by atoms with Crippen molar-refractivity contribution in [2.24, 2.45) is 5.73 Å². The van der Waals surface area contributed by atoms with Crippen molar-refractivity contribution in [3.8, 4) is 0 Å². The molecular formula is C10H14F2N2. The van der Waals surface area contributed by atoms with Gasteiger partial charge < -0.3 is 11.1 Å². The van der Waals surface area contributed by atoms with Gasteiger partial charge in [0.05, 0.1) is 5.69 Å². The Morgan fingerprint density at radius 1 is 1.43 bits per heavy atom. The first-order valence-electron chi connectivity index (χ1n) is 4.54. The van der Waals surface area contributed by atoms with Crippen LogP contribution < -0.4 is 11.1 Å². The predicted molar refractivity (Wildman–Crippen MR) is 53.1 cm³/mol. The summed E-state index contributed by atoms with van der Waals surface area (Å²) in [6, 6.07) is 3.53. The largest absolute Gasteiger partial charge is 0.383 e. The fourth-order valence-electron chi connectivity index (χ4n) is 1.07. The van der Waals surface area contributed by atoms with Crippen LogP contribution in [0, 0.1) is 11.6 Å². The van der Waals surface area contributed by atoms with E-state index in [4.69, 9.17) is 5.73 Å². The summed E-state index contributed by atoms with van der Waals surface area (Å²) in [5, 5.41) is 2.85. The zero-order valence-corrected chi connectivity index (χ0v) is 8.06. The Bertz CT molecular complexity index is 300. The lowest BCUT2D eigenvalue weighted by Crippen LogP contribution is -2.19. The van der Waals surface area contributed by atoms with Crippen LogP contribution in [0.1, 0.15) is 13.3 Å². The SMILES string of the molecule is CC(N)CCNc1ccc(F)cc1F. The highest BCUT2D eigenvalue weighted by Crippen LogP contribution is 2.14. The van der Waals surface area contributed by atoms with E-state index in [-0.39, 0.29) is 6.04 Å². The molecule has 1 aromatic carbocycles. The van der Waals surface area contributed by atoms with E-state index in [1.807, 2.05) is 6.92 Å². The summed E-state index contributed by atoms with van der Waals surface area (Å²) in [5.41, 5.74) is 5.84. The Balaban J connectivity index is 2.51. The normalized spacial score (nSPS) is 12.6. The van der Waals surface area contributed by atoms with E-state index in [1.165, 1.54) is 12.1 Å². The van der Waals surface area contributed by atoms with Crippen LogP contribution in [0.4, 0.5) is 14.5 Å². The quantitative estimate of drug-likeness (QED) is 0.781. The van der Waals surface area contributed by atoms with E-state index in [9.17, 15) is 8.78 Å². The van der Waals surface area contributed by atoms with Crippen LogP contribution in [0.5, 0.6) is 0 Å². The Hall–Kier alpha value is -1.16. The van der Waals surface area contributed by atoms with E-state index in [2.05, 4.69) is 5.32 Å². The number of nitrogens with two attached hydrogens (primary N) is 1.